The van der Waals surface area contributed by atoms with Gasteiger partial charge in [0, 0.05) is 30.9 Å². The maximum Gasteiger partial charge on any atom is 0.253 e. The molecule has 0 unspecified atom stereocenters. The first-order valence-corrected chi connectivity index (χ1v) is 12.5. The second kappa shape index (κ2) is 9.77. The number of halogens is 1. The highest BCUT2D eigenvalue weighted by atomic mass is 35.5. The molecule has 184 valence electrons. The van der Waals surface area contributed by atoms with E-state index in [1.807, 2.05) is 17.0 Å². The third-order valence-electron chi connectivity index (χ3n) is 7.01. The Morgan fingerprint density at radius 2 is 1.80 bits per heavy atom. The Labute approximate surface area is 209 Å². The van der Waals surface area contributed by atoms with Gasteiger partial charge in [-0.3, -0.25) is 19.3 Å². The molecule has 1 atom stereocenters. The number of methoxy groups -OCH3 is 1. The van der Waals surface area contributed by atoms with Crippen molar-refractivity contribution in [1.82, 2.24) is 4.90 Å². The van der Waals surface area contributed by atoms with Gasteiger partial charge in [0.2, 0.25) is 11.8 Å². The highest BCUT2D eigenvalue weighted by molar-refractivity contribution is 6.32. The van der Waals surface area contributed by atoms with Crippen LogP contribution < -0.4 is 19.9 Å². The number of anilines is 3. The van der Waals surface area contributed by atoms with E-state index >= 15 is 0 Å². The first-order chi connectivity index (χ1) is 17.0. The lowest BCUT2D eigenvalue weighted by Gasteiger charge is -2.45. The maximum absolute atomic E-state index is 13.6. The van der Waals surface area contributed by atoms with E-state index in [2.05, 4.69) is 10.2 Å². The average Bonchev–Trinajstić information content (AvgIpc) is 3.41. The van der Waals surface area contributed by atoms with E-state index in [-0.39, 0.29) is 30.3 Å². The zero-order chi connectivity index (χ0) is 24.5. The molecule has 9 heteroatoms. The van der Waals surface area contributed by atoms with Crippen LogP contribution in [0.3, 0.4) is 0 Å². The minimum absolute atomic E-state index is 0.0317. The zero-order valence-electron chi connectivity index (χ0n) is 19.8. The van der Waals surface area contributed by atoms with Crippen LogP contribution >= 0.6 is 11.6 Å². The first kappa shape index (κ1) is 23.5. The average molecular weight is 497 g/mol. The van der Waals surface area contributed by atoms with Gasteiger partial charge in [0.25, 0.3) is 5.91 Å². The fourth-order valence-electron chi connectivity index (χ4n) is 5.24. The fraction of sp³-hybridized carbons (Fsp3) is 0.423. The lowest BCUT2D eigenvalue weighted by molar-refractivity contribution is -0.123. The first-order valence-electron chi connectivity index (χ1n) is 12.1. The molecule has 2 aromatic rings. The molecule has 3 aliphatic rings. The summed E-state index contributed by atoms with van der Waals surface area (Å²) in [6, 6.07) is 10.2. The minimum atomic E-state index is -0.342. The fourth-order valence-corrected chi connectivity index (χ4v) is 5.50. The summed E-state index contributed by atoms with van der Waals surface area (Å²) >= 11 is 6.19. The van der Waals surface area contributed by atoms with Crippen molar-refractivity contribution in [1.29, 1.82) is 0 Å². The van der Waals surface area contributed by atoms with Crippen LogP contribution in [0.25, 0.3) is 0 Å². The molecule has 0 saturated carbocycles. The van der Waals surface area contributed by atoms with E-state index in [0.717, 1.165) is 57.4 Å². The molecule has 3 heterocycles. The molecule has 5 rings (SSSR count). The summed E-state index contributed by atoms with van der Waals surface area (Å²) in [5.41, 5.74) is 2.57. The van der Waals surface area contributed by atoms with Gasteiger partial charge in [0.1, 0.15) is 18.3 Å². The molecule has 35 heavy (non-hydrogen) atoms. The van der Waals surface area contributed by atoms with Crippen LogP contribution in [0, 0.1) is 0 Å². The van der Waals surface area contributed by atoms with E-state index in [4.69, 9.17) is 16.3 Å². The molecule has 3 aliphatic heterocycles. The molecule has 8 nitrogen and oxygen atoms in total. The third kappa shape index (κ3) is 4.55. The molecule has 0 bridgehead atoms. The van der Waals surface area contributed by atoms with E-state index in [9.17, 15) is 14.4 Å². The van der Waals surface area contributed by atoms with Crippen molar-refractivity contribution in [2.75, 3.05) is 48.4 Å². The summed E-state index contributed by atoms with van der Waals surface area (Å²) in [4.78, 5) is 45.1. The normalized spacial score (nSPS) is 19.3. The topological polar surface area (TPSA) is 82.2 Å². The molecule has 1 N–H and O–H groups in total. The predicted molar refractivity (Wildman–Crippen MR) is 136 cm³/mol. The molecular formula is C26H29ClN4O4. The summed E-state index contributed by atoms with van der Waals surface area (Å²) in [5.74, 6) is 0.0325. The van der Waals surface area contributed by atoms with Crippen LogP contribution in [0.15, 0.2) is 36.4 Å². The molecule has 2 fully saturated rings. The number of ether oxygens (including phenoxy) is 1. The number of fused-ring (bicyclic) bond motifs is 3. The van der Waals surface area contributed by atoms with E-state index in [0.29, 0.717) is 27.7 Å². The summed E-state index contributed by atoms with van der Waals surface area (Å²) in [6.45, 7) is 2.13. The maximum atomic E-state index is 13.6. The monoisotopic (exact) mass is 496 g/mol. The highest BCUT2D eigenvalue weighted by Crippen LogP contribution is 2.40. The van der Waals surface area contributed by atoms with Crippen LogP contribution in [-0.4, -0.2) is 62.0 Å². The number of amides is 3. The Hall–Kier alpha value is -3.26. The Bertz CT molecular complexity index is 1160. The highest BCUT2D eigenvalue weighted by Gasteiger charge is 2.40. The van der Waals surface area contributed by atoms with Crippen molar-refractivity contribution in [3.8, 4) is 5.75 Å². The van der Waals surface area contributed by atoms with Crippen LogP contribution in [-0.2, 0) is 9.59 Å². The lowest BCUT2D eigenvalue weighted by Crippen LogP contribution is -2.56. The van der Waals surface area contributed by atoms with Gasteiger partial charge >= 0.3 is 0 Å². The van der Waals surface area contributed by atoms with Gasteiger partial charge in [-0.1, -0.05) is 11.6 Å². The Morgan fingerprint density at radius 1 is 1.03 bits per heavy atom. The third-order valence-corrected chi connectivity index (χ3v) is 7.30. The summed E-state index contributed by atoms with van der Waals surface area (Å²) in [5, 5.41) is 3.21. The molecule has 2 saturated heterocycles. The van der Waals surface area contributed by atoms with Crippen LogP contribution in [0.5, 0.6) is 5.75 Å². The number of carbonyl (C=O) groups is 3. The zero-order valence-corrected chi connectivity index (χ0v) is 20.5. The SMILES string of the molecule is COc1ccc(NC(=O)CN2C(=O)[C@@H]3CCCCN3c3ccc(C(=O)N4CCCC4)cc32)cc1Cl. The number of nitrogens with one attached hydrogen (secondary N) is 1. The Kier molecular flexibility index (Phi) is 6.56. The van der Waals surface area contributed by atoms with Crippen molar-refractivity contribution in [2.24, 2.45) is 0 Å². The molecule has 3 amide bonds. The molecule has 0 spiro atoms. The quantitative estimate of drug-likeness (QED) is 0.678. The smallest absolute Gasteiger partial charge is 0.253 e. The number of likely N-dealkylation sites (tertiary alicyclic amines) is 1. The molecular weight excluding hydrogens is 468 g/mol. The van der Waals surface area contributed by atoms with Crippen molar-refractivity contribution in [3.05, 3.63) is 47.0 Å². The van der Waals surface area contributed by atoms with Gasteiger partial charge in [-0.05, 0) is 68.5 Å². The molecule has 0 aromatic heterocycles. The largest absolute Gasteiger partial charge is 0.495 e. The lowest BCUT2D eigenvalue weighted by atomic mass is 9.95. The van der Waals surface area contributed by atoms with Crippen LogP contribution in [0.4, 0.5) is 17.1 Å². The second-order valence-corrected chi connectivity index (χ2v) is 9.64. The van der Waals surface area contributed by atoms with Crippen LogP contribution in [0.1, 0.15) is 42.5 Å². The summed E-state index contributed by atoms with van der Waals surface area (Å²) in [7, 11) is 1.52. The van der Waals surface area contributed by atoms with Gasteiger partial charge in [0.15, 0.2) is 0 Å². The van der Waals surface area contributed by atoms with Gasteiger partial charge < -0.3 is 19.9 Å². The second-order valence-electron chi connectivity index (χ2n) is 9.23. The minimum Gasteiger partial charge on any atom is -0.495 e. The van der Waals surface area contributed by atoms with Gasteiger partial charge in [-0.15, -0.1) is 0 Å². The summed E-state index contributed by atoms with van der Waals surface area (Å²) in [6.07, 6.45) is 4.74. The standard InChI is InChI=1S/C26H29ClN4O4/c1-35-23-10-8-18(15-19(23)27)28-24(32)16-31-22-14-17(25(33)29-11-4-5-12-29)7-9-20(22)30-13-3-2-6-21(30)26(31)34/h7-10,14-15,21H,2-6,11-13,16H2,1H3,(H,28,32)/t21-/m0/s1. The van der Waals surface area contributed by atoms with Crippen molar-refractivity contribution < 1.29 is 19.1 Å². The predicted octanol–water partition coefficient (Wildman–Crippen LogP) is 3.93. The number of rotatable bonds is 5. The molecule has 0 radical (unpaired) electrons. The van der Waals surface area contributed by atoms with Crippen molar-refractivity contribution in [3.63, 3.8) is 0 Å². The van der Waals surface area contributed by atoms with Gasteiger partial charge in [-0.25, -0.2) is 0 Å². The number of hydrogen-bond acceptors (Lipinski definition) is 5. The van der Waals surface area contributed by atoms with Gasteiger partial charge in [-0.2, -0.15) is 0 Å². The number of piperidine rings is 1. The number of hydrogen-bond donors (Lipinski definition) is 1. The summed E-state index contributed by atoms with van der Waals surface area (Å²) < 4.78 is 5.16. The number of benzene rings is 2. The van der Waals surface area contributed by atoms with Gasteiger partial charge in [0.05, 0.1) is 23.5 Å². The van der Waals surface area contributed by atoms with Crippen molar-refractivity contribution in [2.45, 2.75) is 38.1 Å². The Balaban J connectivity index is 1.43. The van der Waals surface area contributed by atoms with Crippen molar-refractivity contribution >= 4 is 46.4 Å². The number of carbonyl (C=O) groups excluding carboxylic acids is 3. The van der Waals surface area contributed by atoms with E-state index in [1.54, 1.807) is 24.3 Å². The molecule has 0 aliphatic carbocycles. The van der Waals surface area contributed by atoms with E-state index in [1.165, 1.54) is 12.0 Å². The number of nitrogens with zero attached hydrogens (tertiary/aromatic N) is 3. The Morgan fingerprint density at radius 3 is 2.54 bits per heavy atom. The van der Waals surface area contributed by atoms with E-state index < -0.39 is 0 Å². The van der Waals surface area contributed by atoms with Crippen LogP contribution in [0.2, 0.25) is 5.02 Å². The molecule has 2 aromatic carbocycles.